The van der Waals surface area contributed by atoms with Crippen LogP contribution in [0, 0.1) is 6.92 Å². The van der Waals surface area contributed by atoms with Crippen LogP contribution in [0.4, 0.5) is 0 Å². The largest absolute Gasteiger partial charge is 0.356 e. The number of benzene rings is 1. The normalized spacial score (nSPS) is 18.8. The molecule has 18 heavy (non-hydrogen) atoms. The molecule has 3 nitrogen and oxygen atoms in total. The van der Waals surface area contributed by atoms with Gasteiger partial charge in [-0.05, 0) is 43.9 Å². The zero-order valence-corrected chi connectivity index (χ0v) is 11.0. The molecule has 0 aromatic heterocycles. The Morgan fingerprint density at radius 1 is 1.44 bits per heavy atom. The molecule has 1 aliphatic rings. The average molecular weight is 246 g/mol. The lowest BCUT2D eigenvalue weighted by Crippen LogP contribution is -2.32. The molecule has 1 atom stereocenters. The number of carbonyl (C=O) groups excluding carboxylic acids is 1. The molecule has 2 N–H and O–H groups in total. The molecule has 0 radical (unpaired) electrons. The fourth-order valence-electron chi connectivity index (χ4n) is 2.45. The number of rotatable bonds is 5. The Labute approximate surface area is 109 Å². The van der Waals surface area contributed by atoms with Crippen molar-refractivity contribution in [2.24, 2.45) is 0 Å². The van der Waals surface area contributed by atoms with Gasteiger partial charge in [-0.25, -0.2) is 0 Å². The first-order chi connectivity index (χ1) is 8.75. The first-order valence-corrected chi connectivity index (χ1v) is 6.80. The van der Waals surface area contributed by atoms with E-state index in [-0.39, 0.29) is 5.91 Å². The molecule has 1 saturated heterocycles. The van der Waals surface area contributed by atoms with Crippen molar-refractivity contribution in [1.29, 1.82) is 0 Å². The van der Waals surface area contributed by atoms with Gasteiger partial charge < -0.3 is 10.6 Å². The van der Waals surface area contributed by atoms with Gasteiger partial charge in [-0.3, -0.25) is 4.79 Å². The van der Waals surface area contributed by atoms with Gasteiger partial charge in [0.1, 0.15) is 0 Å². The third-order valence-corrected chi connectivity index (χ3v) is 3.57. The van der Waals surface area contributed by atoms with E-state index in [4.69, 9.17) is 0 Å². The molecule has 1 aromatic carbocycles. The molecular formula is C15H22N2O. The highest BCUT2D eigenvalue weighted by molar-refractivity contribution is 5.76. The van der Waals surface area contributed by atoms with Gasteiger partial charge in [0.2, 0.25) is 5.91 Å². The van der Waals surface area contributed by atoms with Gasteiger partial charge in [-0.1, -0.05) is 24.3 Å². The Morgan fingerprint density at radius 3 is 3.00 bits per heavy atom. The number of carbonyl (C=O) groups is 1. The molecule has 1 fully saturated rings. The Kier molecular flexibility index (Phi) is 4.76. The van der Waals surface area contributed by atoms with Gasteiger partial charge >= 0.3 is 0 Å². The third-order valence-electron chi connectivity index (χ3n) is 3.57. The fraction of sp³-hybridized carbons (Fsp3) is 0.533. The summed E-state index contributed by atoms with van der Waals surface area (Å²) in [6, 6.07) is 8.72. The van der Waals surface area contributed by atoms with E-state index in [1.54, 1.807) is 0 Å². The molecule has 1 unspecified atom stereocenters. The van der Waals surface area contributed by atoms with Crippen LogP contribution in [-0.4, -0.2) is 25.0 Å². The molecule has 1 heterocycles. The van der Waals surface area contributed by atoms with Crippen LogP contribution in [0.15, 0.2) is 24.3 Å². The second kappa shape index (κ2) is 6.55. The van der Waals surface area contributed by atoms with Crippen molar-refractivity contribution >= 4 is 5.91 Å². The van der Waals surface area contributed by atoms with Crippen molar-refractivity contribution in [1.82, 2.24) is 10.6 Å². The predicted molar refractivity (Wildman–Crippen MR) is 73.5 cm³/mol. The van der Waals surface area contributed by atoms with Crippen LogP contribution < -0.4 is 10.6 Å². The molecule has 3 heteroatoms. The highest BCUT2D eigenvalue weighted by Gasteiger charge is 2.17. The van der Waals surface area contributed by atoms with E-state index in [9.17, 15) is 4.79 Å². The minimum atomic E-state index is 0.169. The molecule has 0 saturated carbocycles. The summed E-state index contributed by atoms with van der Waals surface area (Å²) >= 11 is 0. The zero-order chi connectivity index (χ0) is 12.8. The predicted octanol–water partition coefficient (Wildman–Crippen LogP) is 1.80. The maximum atomic E-state index is 11.7. The lowest BCUT2D eigenvalue weighted by molar-refractivity contribution is -0.121. The second-order valence-electron chi connectivity index (χ2n) is 5.02. The molecule has 0 aliphatic carbocycles. The van der Waals surface area contributed by atoms with E-state index < -0.39 is 0 Å². The van der Waals surface area contributed by atoms with E-state index >= 15 is 0 Å². The Hall–Kier alpha value is -1.35. The molecule has 1 amide bonds. The van der Waals surface area contributed by atoms with Crippen molar-refractivity contribution in [3.63, 3.8) is 0 Å². The van der Waals surface area contributed by atoms with Gasteiger partial charge in [0.05, 0.1) is 0 Å². The standard InChI is InChI=1S/C15H22N2O/c1-12-5-2-3-6-13(12)8-10-17-15(18)11-14-7-4-9-16-14/h2-3,5-6,14,16H,4,7-11H2,1H3,(H,17,18). The minimum Gasteiger partial charge on any atom is -0.356 e. The van der Waals surface area contributed by atoms with Crippen LogP contribution in [0.2, 0.25) is 0 Å². The van der Waals surface area contributed by atoms with Crippen molar-refractivity contribution in [3.8, 4) is 0 Å². The van der Waals surface area contributed by atoms with Crippen molar-refractivity contribution in [3.05, 3.63) is 35.4 Å². The monoisotopic (exact) mass is 246 g/mol. The maximum Gasteiger partial charge on any atom is 0.221 e. The minimum absolute atomic E-state index is 0.169. The Bertz CT molecular complexity index is 397. The molecule has 0 spiro atoms. The zero-order valence-electron chi connectivity index (χ0n) is 11.0. The topological polar surface area (TPSA) is 41.1 Å². The molecular weight excluding hydrogens is 224 g/mol. The quantitative estimate of drug-likeness (QED) is 0.831. The molecule has 2 rings (SSSR count). The lowest BCUT2D eigenvalue weighted by Gasteiger charge is -2.11. The van der Waals surface area contributed by atoms with Gasteiger partial charge in [0.15, 0.2) is 0 Å². The number of hydrogen-bond acceptors (Lipinski definition) is 2. The van der Waals surface area contributed by atoms with Crippen molar-refractivity contribution in [2.45, 2.75) is 38.6 Å². The van der Waals surface area contributed by atoms with Gasteiger partial charge in [-0.15, -0.1) is 0 Å². The van der Waals surface area contributed by atoms with Crippen LogP contribution in [-0.2, 0) is 11.2 Å². The first-order valence-electron chi connectivity index (χ1n) is 6.80. The summed E-state index contributed by atoms with van der Waals surface area (Å²) in [4.78, 5) is 11.7. The summed E-state index contributed by atoms with van der Waals surface area (Å²) in [6.45, 7) is 3.90. The Morgan fingerprint density at radius 2 is 2.28 bits per heavy atom. The van der Waals surface area contributed by atoms with Crippen LogP contribution in [0.3, 0.4) is 0 Å². The van der Waals surface area contributed by atoms with E-state index in [0.717, 1.165) is 25.9 Å². The lowest BCUT2D eigenvalue weighted by atomic mass is 10.1. The summed E-state index contributed by atoms with van der Waals surface area (Å²) in [5.74, 6) is 0.169. The molecule has 0 bridgehead atoms. The fourth-order valence-corrected chi connectivity index (χ4v) is 2.45. The van der Waals surface area contributed by atoms with Crippen molar-refractivity contribution in [2.75, 3.05) is 13.1 Å². The molecule has 1 aromatic rings. The van der Waals surface area contributed by atoms with Gasteiger partial charge in [0.25, 0.3) is 0 Å². The van der Waals surface area contributed by atoms with Gasteiger partial charge in [-0.2, -0.15) is 0 Å². The summed E-state index contributed by atoms with van der Waals surface area (Å²) in [6.07, 6.45) is 3.86. The van der Waals surface area contributed by atoms with Crippen LogP contribution in [0.5, 0.6) is 0 Å². The summed E-state index contributed by atoms with van der Waals surface area (Å²) in [5.41, 5.74) is 2.61. The summed E-state index contributed by atoms with van der Waals surface area (Å²) < 4.78 is 0. The van der Waals surface area contributed by atoms with Crippen molar-refractivity contribution < 1.29 is 4.79 Å². The van der Waals surface area contributed by atoms with E-state index in [1.165, 1.54) is 17.5 Å². The number of aryl methyl sites for hydroxylation is 1. The molecule has 98 valence electrons. The van der Waals surface area contributed by atoms with Crippen LogP contribution >= 0.6 is 0 Å². The highest BCUT2D eigenvalue weighted by Crippen LogP contribution is 2.09. The van der Waals surface area contributed by atoms with Gasteiger partial charge in [0, 0.05) is 19.0 Å². The second-order valence-corrected chi connectivity index (χ2v) is 5.02. The van der Waals surface area contributed by atoms with Crippen LogP contribution in [0.25, 0.3) is 0 Å². The van der Waals surface area contributed by atoms with Crippen LogP contribution in [0.1, 0.15) is 30.4 Å². The summed E-state index contributed by atoms with van der Waals surface area (Å²) in [7, 11) is 0. The highest BCUT2D eigenvalue weighted by atomic mass is 16.1. The smallest absolute Gasteiger partial charge is 0.221 e. The molecule has 1 aliphatic heterocycles. The SMILES string of the molecule is Cc1ccccc1CCNC(=O)CC1CCCN1. The average Bonchev–Trinajstić information content (AvgIpc) is 2.84. The van der Waals surface area contributed by atoms with E-state index in [0.29, 0.717) is 12.5 Å². The number of hydrogen-bond donors (Lipinski definition) is 2. The first kappa shape index (κ1) is 13.1. The Balaban J connectivity index is 1.68. The third kappa shape index (κ3) is 3.84. The number of amides is 1. The maximum absolute atomic E-state index is 11.7. The van der Waals surface area contributed by atoms with E-state index in [1.807, 2.05) is 12.1 Å². The summed E-state index contributed by atoms with van der Waals surface area (Å²) in [5, 5.41) is 6.35. The van der Waals surface area contributed by atoms with E-state index in [2.05, 4.69) is 29.7 Å². The number of nitrogens with one attached hydrogen (secondary N) is 2.